The van der Waals surface area contributed by atoms with Crippen molar-refractivity contribution in [3.8, 4) is 0 Å². The highest BCUT2D eigenvalue weighted by Gasteiger charge is 2.39. The van der Waals surface area contributed by atoms with Crippen molar-refractivity contribution in [2.24, 2.45) is 0 Å². The standard InChI is InChI=1S/C10H13N3O3S/c1-10(2-5-17(15,16)7-10)13-9(14)8-6-11-3-4-12-8/h3-4,6H,2,5,7H2,1H3,(H,13,14)/t10-/m0/s1. The molecule has 1 amide bonds. The van der Waals surface area contributed by atoms with Crippen molar-refractivity contribution in [3.05, 3.63) is 24.3 Å². The molecule has 1 fully saturated rings. The molecule has 0 unspecified atom stereocenters. The van der Waals surface area contributed by atoms with Gasteiger partial charge in [-0.05, 0) is 13.3 Å². The molecular formula is C10H13N3O3S. The Morgan fingerprint density at radius 3 is 2.76 bits per heavy atom. The average Bonchev–Trinajstić information content (AvgIpc) is 2.54. The van der Waals surface area contributed by atoms with Crippen molar-refractivity contribution in [1.29, 1.82) is 0 Å². The second-order valence-corrected chi connectivity index (χ2v) is 6.63. The SMILES string of the molecule is C[C@]1(NC(=O)c2cnccn2)CCS(=O)(=O)C1. The monoisotopic (exact) mass is 255 g/mol. The fraction of sp³-hybridized carbons (Fsp3) is 0.500. The molecule has 0 spiro atoms. The van der Waals surface area contributed by atoms with Crippen molar-refractivity contribution >= 4 is 15.7 Å². The summed E-state index contributed by atoms with van der Waals surface area (Å²) < 4.78 is 22.8. The summed E-state index contributed by atoms with van der Waals surface area (Å²) in [4.78, 5) is 19.5. The third kappa shape index (κ3) is 2.79. The summed E-state index contributed by atoms with van der Waals surface area (Å²) in [5, 5.41) is 2.71. The van der Waals surface area contributed by atoms with E-state index >= 15 is 0 Å². The molecule has 2 heterocycles. The predicted molar refractivity (Wildman–Crippen MR) is 61.2 cm³/mol. The van der Waals surface area contributed by atoms with Crippen LogP contribution in [-0.2, 0) is 9.84 Å². The van der Waals surface area contributed by atoms with Crippen LogP contribution in [0, 0.1) is 0 Å². The molecule has 92 valence electrons. The second-order valence-electron chi connectivity index (χ2n) is 4.45. The first-order chi connectivity index (χ1) is 7.90. The number of rotatable bonds is 2. The van der Waals surface area contributed by atoms with Crippen molar-refractivity contribution in [2.45, 2.75) is 18.9 Å². The number of nitrogens with zero attached hydrogens (tertiary/aromatic N) is 2. The minimum Gasteiger partial charge on any atom is -0.344 e. The van der Waals surface area contributed by atoms with Gasteiger partial charge in [0.2, 0.25) is 0 Å². The van der Waals surface area contributed by atoms with E-state index in [1.807, 2.05) is 0 Å². The predicted octanol–water partition coefficient (Wildman–Crippen LogP) is -0.216. The van der Waals surface area contributed by atoms with Crippen LogP contribution in [-0.4, -0.2) is 41.3 Å². The lowest BCUT2D eigenvalue weighted by Gasteiger charge is -2.23. The van der Waals surface area contributed by atoms with E-state index in [-0.39, 0.29) is 17.2 Å². The van der Waals surface area contributed by atoms with E-state index in [9.17, 15) is 13.2 Å². The highest BCUT2D eigenvalue weighted by atomic mass is 32.2. The number of carbonyl (C=O) groups is 1. The van der Waals surface area contributed by atoms with E-state index in [0.29, 0.717) is 6.42 Å². The third-order valence-electron chi connectivity index (χ3n) is 2.71. The van der Waals surface area contributed by atoms with Crippen LogP contribution < -0.4 is 5.32 Å². The number of aromatic nitrogens is 2. The topological polar surface area (TPSA) is 89.0 Å². The summed E-state index contributed by atoms with van der Waals surface area (Å²) in [7, 11) is -3.03. The van der Waals surface area contributed by atoms with Gasteiger partial charge in [-0.15, -0.1) is 0 Å². The molecule has 6 nitrogen and oxygen atoms in total. The van der Waals surface area contributed by atoms with Crippen molar-refractivity contribution in [1.82, 2.24) is 15.3 Å². The molecule has 0 aliphatic carbocycles. The van der Waals surface area contributed by atoms with Gasteiger partial charge in [0.15, 0.2) is 9.84 Å². The van der Waals surface area contributed by atoms with Gasteiger partial charge in [0.05, 0.1) is 23.2 Å². The van der Waals surface area contributed by atoms with Gasteiger partial charge < -0.3 is 5.32 Å². The first kappa shape index (κ1) is 12.0. The lowest BCUT2D eigenvalue weighted by Crippen LogP contribution is -2.47. The zero-order valence-corrected chi connectivity index (χ0v) is 10.2. The highest BCUT2D eigenvalue weighted by Crippen LogP contribution is 2.22. The number of sulfone groups is 1. The Kier molecular flexibility index (Phi) is 2.86. The van der Waals surface area contributed by atoms with E-state index in [0.717, 1.165) is 0 Å². The van der Waals surface area contributed by atoms with E-state index < -0.39 is 21.3 Å². The Morgan fingerprint density at radius 1 is 1.47 bits per heavy atom. The van der Waals surface area contributed by atoms with E-state index in [4.69, 9.17) is 0 Å². The molecular weight excluding hydrogens is 242 g/mol. The smallest absolute Gasteiger partial charge is 0.271 e. The van der Waals surface area contributed by atoms with Gasteiger partial charge in [-0.25, -0.2) is 13.4 Å². The molecule has 17 heavy (non-hydrogen) atoms. The summed E-state index contributed by atoms with van der Waals surface area (Å²) in [5.41, 5.74) is -0.508. The molecule has 1 aliphatic rings. The molecule has 2 rings (SSSR count). The Bertz CT molecular complexity index is 529. The summed E-state index contributed by atoms with van der Waals surface area (Å²) in [5.74, 6) is -0.298. The van der Waals surface area contributed by atoms with Gasteiger partial charge in [0.25, 0.3) is 5.91 Å². The Hall–Kier alpha value is -1.50. The quantitative estimate of drug-likeness (QED) is 0.789. The van der Waals surface area contributed by atoms with Crippen LogP contribution in [0.15, 0.2) is 18.6 Å². The lowest BCUT2D eigenvalue weighted by molar-refractivity contribution is 0.0910. The minimum atomic E-state index is -3.03. The van der Waals surface area contributed by atoms with E-state index in [2.05, 4.69) is 15.3 Å². The summed E-state index contributed by atoms with van der Waals surface area (Å²) >= 11 is 0. The Balaban J connectivity index is 2.10. The highest BCUT2D eigenvalue weighted by molar-refractivity contribution is 7.91. The van der Waals surface area contributed by atoms with Gasteiger partial charge in [0, 0.05) is 12.4 Å². The van der Waals surface area contributed by atoms with Crippen molar-refractivity contribution in [3.63, 3.8) is 0 Å². The molecule has 0 saturated carbocycles. The van der Waals surface area contributed by atoms with Gasteiger partial charge in [-0.2, -0.15) is 0 Å². The van der Waals surface area contributed by atoms with Crippen LogP contribution in [0.25, 0.3) is 0 Å². The zero-order chi connectivity index (χ0) is 12.5. The fourth-order valence-electron chi connectivity index (χ4n) is 1.86. The van der Waals surface area contributed by atoms with Gasteiger partial charge in [-0.3, -0.25) is 9.78 Å². The number of hydrogen-bond donors (Lipinski definition) is 1. The Morgan fingerprint density at radius 2 is 2.24 bits per heavy atom. The lowest BCUT2D eigenvalue weighted by atomic mass is 10.0. The summed E-state index contributed by atoms with van der Waals surface area (Å²) in [6.07, 6.45) is 4.67. The van der Waals surface area contributed by atoms with Gasteiger partial charge >= 0.3 is 0 Å². The van der Waals surface area contributed by atoms with Crippen molar-refractivity contribution in [2.75, 3.05) is 11.5 Å². The van der Waals surface area contributed by atoms with Crippen LogP contribution >= 0.6 is 0 Å². The van der Waals surface area contributed by atoms with Crippen LogP contribution in [0.1, 0.15) is 23.8 Å². The van der Waals surface area contributed by atoms with Crippen LogP contribution in [0.5, 0.6) is 0 Å². The normalized spacial score (nSPS) is 26.6. The number of carbonyl (C=O) groups excluding carboxylic acids is 1. The zero-order valence-electron chi connectivity index (χ0n) is 9.38. The minimum absolute atomic E-state index is 0.0218. The molecule has 1 aromatic rings. The maximum atomic E-state index is 11.8. The average molecular weight is 255 g/mol. The molecule has 7 heteroatoms. The molecule has 1 aromatic heterocycles. The van der Waals surface area contributed by atoms with Crippen LogP contribution in [0.2, 0.25) is 0 Å². The van der Waals surface area contributed by atoms with Gasteiger partial charge in [-0.1, -0.05) is 0 Å². The molecule has 0 bridgehead atoms. The number of amides is 1. The maximum Gasteiger partial charge on any atom is 0.271 e. The molecule has 1 atom stereocenters. The largest absolute Gasteiger partial charge is 0.344 e. The summed E-state index contributed by atoms with van der Waals surface area (Å²) in [6, 6.07) is 0. The first-order valence-corrected chi connectivity index (χ1v) is 7.01. The van der Waals surface area contributed by atoms with Crippen LogP contribution in [0.3, 0.4) is 0 Å². The molecule has 0 aromatic carbocycles. The van der Waals surface area contributed by atoms with E-state index in [1.54, 1.807) is 6.92 Å². The first-order valence-electron chi connectivity index (χ1n) is 5.19. The summed E-state index contributed by atoms with van der Waals surface area (Å²) in [6.45, 7) is 1.73. The van der Waals surface area contributed by atoms with Crippen LogP contribution in [0.4, 0.5) is 0 Å². The fourth-order valence-corrected chi connectivity index (χ4v) is 3.96. The molecule has 1 saturated heterocycles. The molecule has 1 aliphatic heterocycles. The third-order valence-corrected chi connectivity index (χ3v) is 4.62. The second kappa shape index (κ2) is 4.06. The van der Waals surface area contributed by atoms with Crippen molar-refractivity contribution < 1.29 is 13.2 Å². The number of nitrogens with one attached hydrogen (secondary N) is 1. The molecule has 1 N–H and O–H groups in total. The van der Waals surface area contributed by atoms with E-state index in [1.165, 1.54) is 18.6 Å². The number of hydrogen-bond acceptors (Lipinski definition) is 5. The van der Waals surface area contributed by atoms with Gasteiger partial charge in [0.1, 0.15) is 5.69 Å². The molecule has 0 radical (unpaired) electrons. The maximum absolute atomic E-state index is 11.8. The Labute approximate surface area is 99.4 Å².